The number of hydrogen-bond acceptors (Lipinski definition) is 6. The van der Waals surface area contributed by atoms with Crippen LogP contribution in [-0.4, -0.2) is 29.9 Å². The molecule has 8 atom stereocenters. The second kappa shape index (κ2) is 5.90. The molecule has 6 heteroatoms. The normalized spacial score (nSPS) is 50.7. The van der Waals surface area contributed by atoms with Crippen molar-refractivity contribution < 1.29 is 28.8 Å². The van der Waals surface area contributed by atoms with E-state index in [4.69, 9.17) is 24.0 Å². The van der Waals surface area contributed by atoms with Gasteiger partial charge in [0.1, 0.15) is 0 Å². The lowest BCUT2D eigenvalue weighted by Gasteiger charge is -2.60. The summed E-state index contributed by atoms with van der Waals surface area (Å²) in [6.45, 7) is 11.8. The van der Waals surface area contributed by atoms with E-state index < -0.39 is 29.4 Å². The molecule has 0 aromatic carbocycles. The molecule has 0 N–H and O–H groups in total. The van der Waals surface area contributed by atoms with Gasteiger partial charge in [-0.25, -0.2) is 9.78 Å². The summed E-state index contributed by atoms with van der Waals surface area (Å²) in [7, 11) is 0. The fourth-order valence-corrected chi connectivity index (χ4v) is 5.29. The van der Waals surface area contributed by atoms with Crippen molar-refractivity contribution >= 4 is 5.97 Å². The quantitative estimate of drug-likeness (QED) is 0.518. The van der Waals surface area contributed by atoms with Gasteiger partial charge in [0, 0.05) is 18.3 Å². The zero-order chi connectivity index (χ0) is 18.9. The molecule has 1 aliphatic carbocycles. The summed E-state index contributed by atoms with van der Waals surface area (Å²) in [5.41, 5.74) is -1.19. The van der Waals surface area contributed by atoms with E-state index in [-0.39, 0.29) is 17.8 Å². The molecular formula is C20H32O6. The average Bonchev–Trinajstić information content (AvgIpc) is 2.77. The largest absolute Gasteiger partial charge is 0.435 e. The maximum Gasteiger partial charge on any atom is 0.313 e. The van der Waals surface area contributed by atoms with Crippen molar-refractivity contribution in [1.82, 2.24) is 0 Å². The van der Waals surface area contributed by atoms with E-state index in [0.717, 1.165) is 25.7 Å². The van der Waals surface area contributed by atoms with Crippen LogP contribution in [0.3, 0.4) is 0 Å². The van der Waals surface area contributed by atoms with Gasteiger partial charge in [0.05, 0.1) is 5.41 Å². The van der Waals surface area contributed by atoms with Crippen molar-refractivity contribution in [3.8, 4) is 0 Å². The van der Waals surface area contributed by atoms with E-state index in [1.807, 2.05) is 27.7 Å². The number of rotatable bonds is 1. The minimum absolute atomic E-state index is 0.0159. The van der Waals surface area contributed by atoms with Crippen molar-refractivity contribution in [1.29, 1.82) is 0 Å². The Morgan fingerprint density at radius 2 is 1.81 bits per heavy atom. The van der Waals surface area contributed by atoms with Gasteiger partial charge in [-0.15, -0.1) is 0 Å². The van der Waals surface area contributed by atoms with Crippen LogP contribution in [0.5, 0.6) is 0 Å². The van der Waals surface area contributed by atoms with Crippen LogP contribution in [0.2, 0.25) is 0 Å². The molecule has 3 unspecified atom stereocenters. The molecule has 2 bridgehead atoms. The van der Waals surface area contributed by atoms with Gasteiger partial charge in [0.2, 0.25) is 12.1 Å². The van der Waals surface area contributed by atoms with E-state index in [1.54, 1.807) is 0 Å². The molecule has 26 heavy (non-hydrogen) atoms. The van der Waals surface area contributed by atoms with Gasteiger partial charge < -0.3 is 14.2 Å². The van der Waals surface area contributed by atoms with Gasteiger partial charge in [0.25, 0.3) is 0 Å². The molecule has 0 radical (unpaired) electrons. The first-order valence-corrected chi connectivity index (χ1v) is 9.98. The van der Waals surface area contributed by atoms with Crippen LogP contribution in [0.15, 0.2) is 0 Å². The molecule has 4 saturated heterocycles. The van der Waals surface area contributed by atoms with Crippen LogP contribution >= 0.6 is 0 Å². The SMILES string of the molecule is C[C@H]1C(OC(=O)C(C)(C)C)O[C@@H]2O[C@]3(C)CC[C@H]4[C@H](C)CCC1C24OO3. The van der Waals surface area contributed by atoms with Crippen LogP contribution in [0.25, 0.3) is 0 Å². The minimum Gasteiger partial charge on any atom is -0.435 e. The van der Waals surface area contributed by atoms with E-state index in [2.05, 4.69) is 13.8 Å². The van der Waals surface area contributed by atoms with E-state index in [9.17, 15) is 4.79 Å². The molecule has 0 aromatic heterocycles. The van der Waals surface area contributed by atoms with Crippen LogP contribution in [0.1, 0.15) is 67.2 Å². The molecule has 5 rings (SSSR count). The third kappa shape index (κ3) is 2.64. The summed E-state index contributed by atoms with van der Waals surface area (Å²) in [4.78, 5) is 24.3. The van der Waals surface area contributed by atoms with Crippen LogP contribution in [0.4, 0.5) is 0 Å². The second-order valence-electron chi connectivity index (χ2n) is 9.93. The topological polar surface area (TPSA) is 63.2 Å². The third-order valence-corrected chi connectivity index (χ3v) is 6.93. The van der Waals surface area contributed by atoms with Crippen molar-refractivity contribution in [3.63, 3.8) is 0 Å². The highest BCUT2D eigenvalue weighted by Crippen LogP contribution is 2.60. The maximum absolute atomic E-state index is 12.5. The molecular weight excluding hydrogens is 336 g/mol. The average molecular weight is 368 g/mol. The summed E-state index contributed by atoms with van der Waals surface area (Å²) in [6.07, 6.45) is 2.70. The van der Waals surface area contributed by atoms with Crippen molar-refractivity contribution in [3.05, 3.63) is 0 Å². The molecule has 148 valence electrons. The molecule has 1 saturated carbocycles. The van der Waals surface area contributed by atoms with Gasteiger partial charge in [-0.3, -0.25) is 4.79 Å². The van der Waals surface area contributed by atoms with Gasteiger partial charge >= 0.3 is 5.97 Å². The zero-order valence-corrected chi connectivity index (χ0v) is 16.7. The zero-order valence-electron chi connectivity index (χ0n) is 16.7. The lowest BCUT2D eigenvalue weighted by molar-refractivity contribution is -0.576. The summed E-state index contributed by atoms with van der Waals surface area (Å²) in [5, 5.41) is 0. The smallest absolute Gasteiger partial charge is 0.313 e. The Morgan fingerprint density at radius 1 is 1.08 bits per heavy atom. The Bertz CT molecular complexity index is 585. The summed E-state index contributed by atoms with van der Waals surface area (Å²) in [5.74, 6) is -0.0436. The van der Waals surface area contributed by atoms with Gasteiger partial charge in [-0.1, -0.05) is 13.8 Å². The predicted octanol–water partition coefficient (Wildman–Crippen LogP) is 3.78. The van der Waals surface area contributed by atoms with Gasteiger partial charge in [-0.2, -0.15) is 0 Å². The highest BCUT2D eigenvalue weighted by Gasteiger charge is 2.69. The van der Waals surface area contributed by atoms with Crippen LogP contribution in [0, 0.1) is 29.1 Å². The van der Waals surface area contributed by atoms with Crippen molar-refractivity contribution in [2.75, 3.05) is 0 Å². The number of hydrogen-bond donors (Lipinski definition) is 0. The highest BCUT2D eigenvalue weighted by atomic mass is 17.3. The molecule has 1 spiro atoms. The van der Waals surface area contributed by atoms with Crippen molar-refractivity contribution in [2.24, 2.45) is 29.1 Å². The first-order valence-electron chi connectivity index (χ1n) is 9.98. The monoisotopic (exact) mass is 368 g/mol. The summed E-state index contributed by atoms with van der Waals surface area (Å²) in [6, 6.07) is 0. The molecule has 5 fully saturated rings. The molecule has 4 heterocycles. The van der Waals surface area contributed by atoms with Gasteiger partial charge in [-0.05, 0) is 58.8 Å². The molecule has 0 aromatic rings. The Hall–Kier alpha value is -0.690. The molecule has 0 amide bonds. The number of carbonyl (C=O) groups is 1. The van der Waals surface area contributed by atoms with E-state index in [0.29, 0.717) is 11.8 Å². The Morgan fingerprint density at radius 3 is 2.50 bits per heavy atom. The number of fused-ring (bicyclic) bond motifs is 2. The number of esters is 1. The van der Waals surface area contributed by atoms with Crippen LogP contribution < -0.4 is 0 Å². The Balaban J connectivity index is 1.67. The molecule has 4 aliphatic heterocycles. The van der Waals surface area contributed by atoms with Gasteiger partial charge in [0.15, 0.2) is 11.9 Å². The maximum atomic E-state index is 12.5. The minimum atomic E-state index is -0.809. The third-order valence-electron chi connectivity index (χ3n) is 6.93. The summed E-state index contributed by atoms with van der Waals surface area (Å²) >= 11 is 0. The highest BCUT2D eigenvalue weighted by molar-refractivity contribution is 5.75. The lowest BCUT2D eigenvalue weighted by atomic mass is 9.58. The van der Waals surface area contributed by atoms with Crippen molar-refractivity contribution in [2.45, 2.75) is 91.2 Å². The standard InChI is InChI=1S/C20H32O6/c1-11-7-8-14-12(2)15(22-16(21)18(3,4)5)23-17-20(14)13(11)9-10-19(6,24-17)25-26-20/h11-15,17H,7-10H2,1-6H3/t11-,12-,13+,14?,15?,17-,19+,20?/m1/s1. The second-order valence-corrected chi connectivity index (χ2v) is 9.93. The number of ether oxygens (including phenoxy) is 3. The first kappa shape index (κ1) is 18.7. The first-order chi connectivity index (χ1) is 12.1. The molecule has 6 nitrogen and oxygen atoms in total. The Labute approximate surface area is 155 Å². The fraction of sp³-hybridized carbons (Fsp3) is 0.950. The molecule has 5 aliphatic rings. The van der Waals surface area contributed by atoms with E-state index >= 15 is 0 Å². The Kier molecular flexibility index (Phi) is 4.24. The van der Waals surface area contributed by atoms with Crippen LogP contribution in [-0.2, 0) is 28.8 Å². The van der Waals surface area contributed by atoms with E-state index in [1.165, 1.54) is 0 Å². The predicted molar refractivity (Wildman–Crippen MR) is 92.4 cm³/mol. The fourth-order valence-electron chi connectivity index (χ4n) is 5.29. The lowest BCUT2D eigenvalue weighted by Crippen LogP contribution is -2.70. The summed E-state index contributed by atoms with van der Waals surface area (Å²) < 4.78 is 18.3. The number of carbonyl (C=O) groups excluding carboxylic acids is 1.